The van der Waals surface area contributed by atoms with Crippen molar-refractivity contribution in [2.24, 2.45) is 0 Å². The highest BCUT2D eigenvalue weighted by atomic mass is 16.5. The van der Waals surface area contributed by atoms with Crippen molar-refractivity contribution in [1.82, 2.24) is 15.1 Å². The molecular weight excluding hydrogens is 224 g/mol. The molecule has 2 rings (SSSR count). The SMILES string of the molecule is O=C(O)c1ccc(NCCc2ncno2)nc1. The Morgan fingerprint density at radius 1 is 1.41 bits per heavy atom. The number of rotatable bonds is 5. The van der Waals surface area contributed by atoms with Gasteiger partial charge in [-0.3, -0.25) is 0 Å². The fraction of sp³-hybridized carbons (Fsp3) is 0.200. The van der Waals surface area contributed by atoms with Gasteiger partial charge in [-0.25, -0.2) is 9.78 Å². The summed E-state index contributed by atoms with van der Waals surface area (Å²) in [6, 6.07) is 3.10. The number of anilines is 1. The molecule has 0 spiro atoms. The van der Waals surface area contributed by atoms with Crippen molar-refractivity contribution in [3.8, 4) is 0 Å². The van der Waals surface area contributed by atoms with E-state index in [0.29, 0.717) is 24.7 Å². The lowest BCUT2D eigenvalue weighted by Crippen LogP contribution is -2.07. The van der Waals surface area contributed by atoms with Crippen LogP contribution >= 0.6 is 0 Å². The Bertz CT molecular complexity index is 481. The number of carboxylic acids is 1. The van der Waals surface area contributed by atoms with Crippen LogP contribution in [-0.4, -0.2) is 32.7 Å². The van der Waals surface area contributed by atoms with Crippen LogP contribution in [0.2, 0.25) is 0 Å². The van der Waals surface area contributed by atoms with Crippen molar-refractivity contribution in [1.29, 1.82) is 0 Å². The maximum atomic E-state index is 10.6. The molecule has 0 fully saturated rings. The van der Waals surface area contributed by atoms with Crippen molar-refractivity contribution in [3.63, 3.8) is 0 Å². The largest absolute Gasteiger partial charge is 0.478 e. The normalized spacial score (nSPS) is 10.1. The number of hydrogen-bond donors (Lipinski definition) is 2. The minimum absolute atomic E-state index is 0.160. The van der Waals surface area contributed by atoms with Crippen LogP contribution in [0.1, 0.15) is 16.2 Å². The third-order valence-electron chi connectivity index (χ3n) is 2.06. The molecule has 0 saturated carbocycles. The van der Waals surface area contributed by atoms with Crippen LogP contribution in [0.25, 0.3) is 0 Å². The zero-order valence-corrected chi connectivity index (χ0v) is 8.83. The summed E-state index contributed by atoms with van der Waals surface area (Å²) in [5, 5.41) is 15.2. The number of carboxylic acid groups (broad SMARTS) is 1. The maximum Gasteiger partial charge on any atom is 0.337 e. The number of aromatic carboxylic acids is 1. The summed E-state index contributed by atoms with van der Waals surface area (Å²) >= 11 is 0. The fourth-order valence-corrected chi connectivity index (χ4v) is 1.23. The number of nitrogens with zero attached hydrogens (tertiary/aromatic N) is 3. The molecule has 0 unspecified atom stereocenters. The number of pyridine rings is 1. The third-order valence-corrected chi connectivity index (χ3v) is 2.06. The number of carbonyl (C=O) groups is 1. The van der Waals surface area contributed by atoms with Gasteiger partial charge in [0.1, 0.15) is 5.82 Å². The molecule has 0 aliphatic rings. The van der Waals surface area contributed by atoms with E-state index in [0.717, 1.165) is 0 Å². The summed E-state index contributed by atoms with van der Waals surface area (Å²) in [5.41, 5.74) is 0.160. The van der Waals surface area contributed by atoms with Crippen molar-refractivity contribution in [3.05, 3.63) is 36.1 Å². The first-order valence-electron chi connectivity index (χ1n) is 4.94. The Balaban J connectivity index is 1.85. The second kappa shape index (κ2) is 5.06. The maximum absolute atomic E-state index is 10.6. The molecule has 0 bridgehead atoms. The lowest BCUT2D eigenvalue weighted by molar-refractivity contribution is 0.0696. The Morgan fingerprint density at radius 2 is 2.29 bits per heavy atom. The van der Waals surface area contributed by atoms with Gasteiger partial charge in [-0.05, 0) is 12.1 Å². The van der Waals surface area contributed by atoms with E-state index in [2.05, 4.69) is 20.4 Å². The van der Waals surface area contributed by atoms with E-state index in [-0.39, 0.29) is 5.56 Å². The first-order valence-corrected chi connectivity index (χ1v) is 4.94. The lowest BCUT2D eigenvalue weighted by Gasteiger charge is -2.03. The minimum atomic E-state index is -0.991. The highest BCUT2D eigenvalue weighted by Gasteiger charge is 2.03. The van der Waals surface area contributed by atoms with E-state index in [1.54, 1.807) is 6.07 Å². The molecular formula is C10H10N4O3. The van der Waals surface area contributed by atoms with Crippen LogP contribution in [0.5, 0.6) is 0 Å². The van der Waals surface area contributed by atoms with Gasteiger partial charge in [0.15, 0.2) is 6.33 Å². The molecule has 0 radical (unpaired) electrons. The molecule has 0 aliphatic carbocycles. The van der Waals surface area contributed by atoms with Crippen molar-refractivity contribution >= 4 is 11.8 Å². The van der Waals surface area contributed by atoms with Crippen molar-refractivity contribution in [2.75, 3.05) is 11.9 Å². The molecule has 0 aromatic carbocycles. The van der Waals surface area contributed by atoms with Crippen LogP contribution in [0.4, 0.5) is 5.82 Å². The summed E-state index contributed by atoms with van der Waals surface area (Å²) < 4.78 is 4.82. The van der Waals surface area contributed by atoms with Gasteiger partial charge in [0.2, 0.25) is 5.89 Å². The molecule has 0 aliphatic heterocycles. The highest BCUT2D eigenvalue weighted by molar-refractivity contribution is 5.87. The first-order chi connectivity index (χ1) is 8.25. The quantitative estimate of drug-likeness (QED) is 0.789. The average molecular weight is 234 g/mol. The molecule has 17 heavy (non-hydrogen) atoms. The minimum Gasteiger partial charge on any atom is -0.478 e. The summed E-state index contributed by atoms with van der Waals surface area (Å²) in [5.74, 6) is 0.157. The van der Waals surface area contributed by atoms with Gasteiger partial charge >= 0.3 is 5.97 Å². The lowest BCUT2D eigenvalue weighted by atomic mass is 10.3. The second-order valence-electron chi connectivity index (χ2n) is 3.25. The molecule has 7 heteroatoms. The predicted octanol–water partition coefficient (Wildman–Crippen LogP) is 0.817. The van der Waals surface area contributed by atoms with Gasteiger partial charge < -0.3 is 14.9 Å². The van der Waals surface area contributed by atoms with Gasteiger partial charge in [-0.1, -0.05) is 5.16 Å². The topological polar surface area (TPSA) is 101 Å². The predicted molar refractivity (Wildman–Crippen MR) is 57.7 cm³/mol. The Kier molecular flexibility index (Phi) is 3.29. The molecule has 2 aromatic rings. The summed E-state index contributed by atoms with van der Waals surface area (Å²) in [7, 11) is 0. The van der Waals surface area contributed by atoms with Gasteiger partial charge in [0.05, 0.1) is 5.56 Å². The zero-order valence-electron chi connectivity index (χ0n) is 8.83. The molecule has 2 aromatic heterocycles. The Hall–Kier alpha value is -2.44. The van der Waals surface area contributed by atoms with Crippen molar-refractivity contribution < 1.29 is 14.4 Å². The van der Waals surface area contributed by atoms with E-state index in [9.17, 15) is 4.79 Å². The zero-order chi connectivity index (χ0) is 12.1. The van der Waals surface area contributed by atoms with E-state index >= 15 is 0 Å². The van der Waals surface area contributed by atoms with Gasteiger partial charge in [-0.15, -0.1) is 0 Å². The van der Waals surface area contributed by atoms with E-state index < -0.39 is 5.97 Å². The molecule has 88 valence electrons. The van der Waals surface area contributed by atoms with Crippen molar-refractivity contribution in [2.45, 2.75) is 6.42 Å². The van der Waals surface area contributed by atoms with Crippen LogP contribution in [0.3, 0.4) is 0 Å². The van der Waals surface area contributed by atoms with Crippen LogP contribution in [0, 0.1) is 0 Å². The Labute approximate surface area is 96.5 Å². The second-order valence-corrected chi connectivity index (χ2v) is 3.25. The summed E-state index contributed by atoms with van der Waals surface area (Å²) in [6.07, 6.45) is 3.23. The number of nitrogens with one attached hydrogen (secondary N) is 1. The Morgan fingerprint density at radius 3 is 2.88 bits per heavy atom. The van der Waals surface area contributed by atoms with Gasteiger partial charge in [0, 0.05) is 19.2 Å². The number of aromatic nitrogens is 3. The van der Waals surface area contributed by atoms with E-state index in [4.69, 9.17) is 9.63 Å². The monoisotopic (exact) mass is 234 g/mol. The summed E-state index contributed by atoms with van der Waals surface area (Å²) in [4.78, 5) is 18.4. The molecule has 0 saturated heterocycles. The van der Waals surface area contributed by atoms with Crippen LogP contribution < -0.4 is 5.32 Å². The highest BCUT2D eigenvalue weighted by Crippen LogP contribution is 2.05. The van der Waals surface area contributed by atoms with Gasteiger partial charge in [0.25, 0.3) is 0 Å². The van der Waals surface area contributed by atoms with E-state index in [1.165, 1.54) is 18.6 Å². The molecule has 2 heterocycles. The third kappa shape index (κ3) is 3.00. The van der Waals surface area contributed by atoms with E-state index in [1.807, 2.05) is 0 Å². The first kappa shape index (κ1) is 11.1. The molecule has 0 amide bonds. The number of hydrogen-bond acceptors (Lipinski definition) is 6. The summed E-state index contributed by atoms with van der Waals surface area (Å²) in [6.45, 7) is 0.585. The van der Waals surface area contributed by atoms with Crippen LogP contribution in [-0.2, 0) is 6.42 Å². The molecule has 2 N–H and O–H groups in total. The van der Waals surface area contributed by atoms with Crippen LogP contribution in [0.15, 0.2) is 29.2 Å². The molecule has 7 nitrogen and oxygen atoms in total. The fourth-order valence-electron chi connectivity index (χ4n) is 1.23. The average Bonchev–Trinajstić information content (AvgIpc) is 2.83. The molecule has 0 atom stereocenters. The standard InChI is InChI=1S/C10H10N4O3/c15-10(16)7-1-2-8(12-5-7)11-4-3-9-13-6-14-17-9/h1-2,5-6H,3-4H2,(H,11,12)(H,15,16). The van der Waals surface area contributed by atoms with Gasteiger partial charge in [-0.2, -0.15) is 4.98 Å². The smallest absolute Gasteiger partial charge is 0.337 e.